The van der Waals surface area contributed by atoms with Crippen LogP contribution in [0.25, 0.3) is 0 Å². The Morgan fingerprint density at radius 1 is 0.294 bits per heavy atom. The Kier molecular flexibility index (Phi) is 13.4. The molecule has 0 atom stereocenters. The molecule has 1 heteroatoms. The normalized spacial score (nSPS) is 26.4. The second kappa shape index (κ2) is 13.7. The van der Waals surface area contributed by atoms with Crippen LogP contribution < -0.4 is 0 Å². The van der Waals surface area contributed by atoms with E-state index in [1.807, 2.05) is 0 Å². The minimum Gasteiger partial charge on any atom is -0.0882 e. The van der Waals surface area contributed by atoms with Crippen molar-refractivity contribution in [3.05, 3.63) is 48.6 Å². The maximum atomic E-state index is 2.27. The van der Waals surface area contributed by atoms with E-state index in [9.17, 15) is 0 Å². The zero-order chi connectivity index (χ0) is 11.3. The summed E-state index contributed by atoms with van der Waals surface area (Å²) in [7, 11) is 0. The maximum Gasteiger partial charge on any atom is 2.00 e. The molecule has 0 radical (unpaired) electrons. The van der Waals surface area contributed by atoms with Gasteiger partial charge in [-0.2, -0.15) is 0 Å². The molecule has 0 saturated heterocycles. The molecular weight excluding hydrogens is 387 g/mol. The first kappa shape index (κ1) is 16.6. The second-order valence-electron chi connectivity index (χ2n) is 4.20. The van der Waals surface area contributed by atoms with Crippen LogP contribution >= 0.6 is 0 Å². The molecule has 0 heterocycles. The second-order valence-corrected chi connectivity index (χ2v) is 4.20. The Morgan fingerprint density at radius 2 is 0.412 bits per heavy atom. The number of hydrogen-bond acceptors (Lipinski definition) is 0. The topological polar surface area (TPSA) is 0 Å². The average Bonchev–Trinajstić information content (AvgIpc) is 2.15. The van der Waals surface area contributed by atoms with E-state index in [1.165, 1.54) is 51.4 Å². The summed E-state index contributed by atoms with van der Waals surface area (Å²) >= 11 is 0. The minimum absolute atomic E-state index is 0. The average molecular weight is 411 g/mol. The van der Waals surface area contributed by atoms with Gasteiger partial charge < -0.3 is 0 Å². The van der Waals surface area contributed by atoms with Gasteiger partial charge in [0, 0.05) is 0 Å². The molecule has 17 heavy (non-hydrogen) atoms. The predicted octanol–water partition coefficient (Wildman–Crippen LogP) is 5.34. The van der Waals surface area contributed by atoms with Gasteiger partial charge in [-0.1, -0.05) is 48.6 Å². The van der Waals surface area contributed by atoms with Crippen molar-refractivity contribution in [1.29, 1.82) is 0 Å². The summed E-state index contributed by atoms with van der Waals surface area (Å²) in [5, 5.41) is 0. The molecule has 96 valence electrons. The van der Waals surface area contributed by atoms with E-state index >= 15 is 0 Å². The zero-order valence-electron chi connectivity index (χ0n) is 10.6. The van der Waals surface area contributed by atoms with Gasteiger partial charge in [0.15, 0.2) is 0 Å². The van der Waals surface area contributed by atoms with Crippen LogP contribution in [0.1, 0.15) is 51.4 Å². The molecule has 0 spiro atoms. The molecule has 0 fully saturated rings. The van der Waals surface area contributed by atoms with Gasteiger partial charge in [-0.05, 0) is 51.4 Å². The zero-order valence-corrected chi connectivity index (χ0v) is 12.9. The van der Waals surface area contributed by atoms with Gasteiger partial charge in [0.1, 0.15) is 0 Å². The third-order valence-electron chi connectivity index (χ3n) is 2.67. The smallest absolute Gasteiger partial charge is 0.0882 e. The Balaban J connectivity index is 0.000000284. The molecule has 0 unspecified atom stereocenters. The molecule has 2 aliphatic carbocycles. The number of hydrogen-bond donors (Lipinski definition) is 0. The predicted molar refractivity (Wildman–Crippen MR) is 73.5 cm³/mol. The van der Waals surface area contributed by atoms with Crippen LogP contribution in [-0.4, -0.2) is 0 Å². The van der Waals surface area contributed by atoms with Gasteiger partial charge in [0.2, 0.25) is 0 Å². The van der Waals surface area contributed by atoms with Crippen LogP contribution in [-0.2, 0) is 21.1 Å². The summed E-state index contributed by atoms with van der Waals surface area (Å²) in [5.41, 5.74) is 0. The van der Waals surface area contributed by atoms with Gasteiger partial charge >= 0.3 is 21.1 Å². The van der Waals surface area contributed by atoms with E-state index in [0.29, 0.717) is 0 Å². The Morgan fingerprint density at radius 3 is 0.529 bits per heavy atom. The summed E-state index contributed by atoms with van der Waals surface area (Å²) in [4.78, 5) is 0. The molecule has 0 aromatic carbocycles. The van der Waals surface area contributed by atoms with Crippen LogP contribution in [0.3, 0.4) is 0 Å². The van der Waals surface area contributed by atoms with Gasteiger partial charge in [0.25, 0.3) is 0 Å². The van der Waals surface area contributed by atoms with Crippen LogP contribution in [0, 0.1) is 0 Å². The van der Waals surface area contributed by atoms with Crippen LogP contribution in [0.4, 0.5) is 0 Å². The molecule has 0 aromatic heterocycles. The van der Waals surface area contributed by atoms with Crippen molar-refractivity contribution in [1.82, 2.24) is 0 Å². The fraction of sp³-hybridized carbons (Fsp3) is 0.500. The molecule has 0 aliphatic heterocycles. The van der Waals surface area contributed by atoms with E-state index < -0.39 is 0 Å². The monoisotopic (exact) mass is 411 g/mol. The summed E-state index contributed by atoms with van der Waals surface area (Å²) in [5.74, 6) is 0. The van der Waals surface area contributed by atoms with Gasteiger partial charge in [-0.15, -0.1) is 0 Å². The Labute approximate surface area is 121 Å². The molecule has 0 N–H and O–H groups in total. The third kappa shape index (κ3) is 11.9. The van der Waals surface area contributed by atoms with Gasteiger partial charge in [0.05, 0.1) is 0 Å². The van der Waals surface area contributed by atoms with E-state index in [2.05, 4.69) is 48.6 Å². The van der Waals surface area contributed by atoms with Crippen LogP contribution in [0.5, 0.6) is 0 Å². The van der Waals surface area contributed by atoms with E-state index in [-0.39, 0.29) is 21.1 Å². The van der Waals surface area contributed by atoms with Crippen LogP contribution in [0.2, 0.25) is 0 Å². The molecule has 0 aromatic rings. The molecule has 0 saturated carbocycles. The largest absolute Gasteiger partial charge is 2.00 e. The number of rotatable bonds is 0. The molecule has 0 nitrogen and oxygen atoms in total. The summed E-state index contributed by atoms with van der Waals surface area (Å²) < 4.78 is 0. The maximum absolute atomic E-state index is 2.27. The van der Waals surface area contributed by atoms with Crippen molar-refractivity contribution >= 4 is 0 Å². The van der Waals surface area contributed by atoms with E-state index in [4.69, 9.17) is 0 Å². The van der Waals surface area contributed by atoms with Crippen molar-refractivity contribution in [2.75, 3.05) is 0 Å². The molecular formula is C16H24Pt+2. The summed E-state index contributed by atoms with van der Waals surface area (Å²) in [6, 6.07) is 0. The van der Waals surface area contributed by atoms with Crippen LogP contribution in [0.15, 0.2) is 48.6 Å². The third-order valence-corrected chi connectivity index (χ3v) is 2.67. The fourth-order valence-electron chi connectivity index (χ4n) is 1.71. The van der Waals surface area contributed by atoms with Crippen molar-refractivity contribution in [3.63, 3.8) is 0 Å². The molecule has 2 aliphatic rings. The Hall–Kier alpha value is -0.352. The molecule has 0 amide bonds. The van der Waals surface area contributed by atoms with Gasteiger partial charge in [-0.25, -0.2) is 0 Å². The van der Waals surface area contributed by atoms with Crippen molar-refractivity contribution in [3.8, 4) is 0 Å². The first-order valence-corrected chi connectivity index (χ1v) is 6.60. The van der Waals surface area contributed by atoms with Crippen molar-refractivity contribution < 1.29 is 21.1 Å². The Bertz CT molecular complexity index is 179. The first-order chi connectivity index (χ1) is 8.00. The van der Waals surface area contributed by atoms with E-state index in [0.717, 1.165) is 0 Å². The van der Waals surface area contributed by atoms with Gasteiger partial charge in [-0.3, -0.25) is 0 Å². The SMILES string of the molecule is C1=C\CC/C=C\CC/1.C1=C\CC/C=C\CC/1.[Pt+2]. The van der Waals surface area contributed by atoms with Crippen molar-refractivity contribution in [2.24, 2.45) is 0 Å². The fourth-order valence-corrected chi connectivity index (χ4v) is 1.71. The quantitative estimate of drug-likeness (QED) is 0.472. The standard InChI is InChI=1S/2C8H12.Pt/c2*1-2-4-6-8-7-5-3-1;/h2*1-2,7-8H,3-6H2;/q;;+2/b2*2-1-,8-7-;. The summed E-state index contributed by atoms with van der Waals surface area (Å²) in [6.45, 7) is 0. The molecule has 2 rings (SSSR count). The van der Waals surface area contributed by atoms with Crippen molar-refractivity contribution in [2.45, 2.75) is 51.4 Å². The summed E-state index contributed by atoms with van der Waals surface area (Å²) in [6.07, 6.45) is 28.0. The number of allylic oxidation sites excluding steroid dienone is 8. The minimum atomic E-state index is 0. The molecule has 0 bridgehead atoms. The van der Waals surface area contributed by atoms with E-state index in [1.54, 1.807) is 0 Å². The first-order valence-electron chi connectivity index (χ1n) is 6.60.